The van der Waals surface area contributed by atoms with Crippen molar-refractivity contribution in [2.75, 3.05) is 13.6 Å². The third-order valence-electron chi connectivity index (χ3n) is 5.12. The topological polar surface area (TPSA) is 49.4 Å². The van der Waals surface area contributed by atoms with Gasteiger partial charge in [0.05, 0.1) is 5.57 Å². The Labute approximate surface area is 192 Å². The minimum Gasteiger partial charge on any atom is -0.343 e. The molecular weight excluding hydrogens is 441 g/mol. The Morgan fingerprint density at radius 3 is 2.41 bits per heavy atom. The van der Waals surface area contributed by atoms with Crippen molar-refractivity contribution in [1.82, 2.24) is 10.2 Å². The van der Waals surface area contributed by atoms with E-state index in [-0.39, 0.29) is 6.54 Å². The summed E-state index contributed by atoms with van der Waals surface area (Å²) in [5.41, 5.74) is 0.218. The van der Waals surface area contributed by atoms with Crippen LogP contribution in [0.25, 0.3) is 0 Å². The van der Waals surface area contributed by atoms with Crippen LogP contribution in [0.15, 0.2) is 71.5 Å². The number of carbonyl (C=O) groups excluding carboxylic acids is 2. The molecule has 4 nitrogen and oxygen atoms in total. The van der Waals surface area contributed by atoms with Crippen LogP contribution in [0.1, 0.15) is 34.1 Å². The first-order chi connectivity index (χ1) is 14.9. The van der Waals surface area contributed by atoms with Crippen molar-refractivity contribution in [2.45, 2.75) is 45.2 Å². The number of carbonyl (C=O) groups is 2. The molecule has 0 aliphatic carbocycles. The molecule has 8 heteroatoms. The first-order valence-corrected chi connectivity index (χ1v) is 10.6. The first-order valence-electron chi connectivity index (χ1n) is 10.2. The van der Waals surface area contributed by atoms with Crippen molar-refractivity contribution in [3.63, 3.8) is 0 Å². The molecule has 0 bridgehead atoms. The van der Waals surface area contributed by atoms with Gasteiger partial charge in [0, 0.05) is 25.2 Å². The summed E-state index contributed by atoms with van der Waals surface area (Å²) in [6, 6.07) is 0. The summed E-state index contributed by atoms with van der Waals surface area (Å²) in [5, 5.41) is 2.69. The summed E-state index contributed by atoms with van der Waals surface area (Å²) < 4.78 is 38.7. The molecule has 0 saturated carbocycles. The fourth-order valence-corrected chi connectivity index (χ4v) is 3.67. The number of hydrogen-bond acceptors (Lipinski definition) is 2. The highest BCUT2D eigenvalue weighted by molar-refractivity contribution is 6.47. The molecule has 1 aliphatic rings. The average molecular weight is 471 g/mol. The van der Waals surface area contributed by atoms with Gasteiger partial charge in [-0.15, -0.1) is 0 Å². The van der Waals surface area contributed by atoms with Crippen LogP contribution < -0.4 is 5.32 Å². The van der Waals surface area contributed by atoms with Gasteiger partial charge < -0.3 is 10.2 Å². The number of halogens is 4. The smallest absolute Gasteiger partial charge is 0.343 e. The van der Waals surface area contributed by atoms with E-state index in [4.69, 9.17) is 11.6 Å². The summed E-state index contributed by atoms with van der Waals surface area (Å²) in [4.78, 5) is 25.3. The lowest BCUT2D eigenvalue weighted by Crippen LogP contribution is -2.51. The van der Waals surface area contributed by atoms with Gasteiger partial charge in [0.15, 0.2) is 0 Å². The molecule has 2 amide bonds. The number of rotatable bonds is 8. The predicted octanol–water partition coefficient (Wildman–Crippen LogP) is 5.61. The second-order valence-electron chi connectivity index (χ2n) is 7.37. The summed E-state index contributed by atoms with van der Waals surface area (Å²) in [6.07, 6.45) is 9.92. The maximum Gasteiger partial charge on any atom is 0.416 e. The van der Waals surface area contributed by atoms with Crippen LogP contribution in [0.5, 0.6) is 0 Å². The fraction of sp³-hybridized carbons (Fsp3) is 0.417. The highest BCUT2D eigenvalue weighted by Gasteiger charge is 2.57. The van der Waals surface area contributed by atoms with E-state index in [1.165, 1.54) is 31.0 Å². The summed E-state index contributed by atoms with van der Waals surface area (Å²) >= 11 is 6.63. The van der Waals surface area contributed by atoms with E-state index in [0.717, 1.165) is 12.2 Å². The molecule has 0 spiro atoms. The van der Waals surface area contributed by atoms with E-state index in [1.54, 1.807) is 26.0 Å². The first kappa shape index (κ1) is 27.5. The molecule has 32 heavy (non-hydrogen) atoms. The van der Waals surface area contributed by atoms with Crippen LogP contribution in [0.4, 0.5) is 13.2 Å². The summed E-state index contributed by atoms with van der Waals surface area (Å²) in [7, 11) is 1.53. The van der Waals surface area contributed by atoms with Gasteiger partial charge in [0.1, 0.15) is 0 Å². The third-order valence-corrected chi connectivity index (χ3v) is 5.72. The quantitative estimate of drug-likeness (QED) is 0.217. The number of nitrogens with one attached hydrogen (secondary N) is 1. The fourth-order valence-electron chi connectivity index (χ4n) is 3.24. The number of allylic oxidation sites excluding steroid dienone is 10. The maximum atomic E-state index is 13.1. The van der Waals surface area contributed by atoms with Crippen molar-refractivity contribution in [3.8, 4) is 0 Å². The Morgan fingerprint density at radius 2 is 1.88 bits per heavy atom. The Hall–Kier alpha value is -2.54. The van der Waals surface area contributed by atoms with E-state index >= 15 is 0 Å². The molecule has 1 N–H and O–H groups in total. The second kappa shape index (κ2) is 11.9. The molecule has 1 saturated heterocycles. The highest BCUT2D eigenvalue weighted by Crippen LogP contribution is 2.39. The monoisotopic (exact) mass is 470 g/mol. The normalized spacial score (nSPS) is 23.9. The minimum absolute atomic E-state index is 0.171. The molecule has 0 aromatic rings. The Bertz CT molecular complexity index is 882. The molecule has 1 rings (SSSR count). The van der Waals surface area contributed by atoms with Gasteiger partial charge in [-0.05, 0) is 40.2 Å². The zero-order chi connectivity index (χ0) is 24.5. The molecule has 2 atom stereocenters. The van der Waals surface area contributed by atoms with Gasteiger partial charge in [-0.1, -0.05) is 65.8 Å². The molecule has 176 valence electrons. The zero-order valence-corrected chi connectivity index (χ0v) is 19.7. The van der Waals surface area contributed by atoms with E-state index in [1.807, 2.05) is 25.2 Å². The van der Waals surface area contributed by atoms with Gasteiger partial charge in [-0.2, -0.15) is 13.2 Å². The maximum absolute atomic E-state index is 13.1. The summed E-state index contributed by atoms with van der Waals surface area (Å²) in [5.74, 6) is -1.95. The van der Waals surface area contributed by atoms with Gasteiger partial charge in [-0.25, -0.2) is 0 Å². The number of nitrogens with zero attached hydrogens (tertiary/aromatic N) is 1. The van der Waals surface area contributed by atoms with E-state index < -0.39 is 34.4 Å². The van der Waals surface area contributed by atoms with Gasteiger partial charge in [-0.3, -0.25) is 9.59 Å². The second-order valence-corrected chi connectivity index (χ2v) is 7.96. The van der Waals surface area contributed by atoms with Crippen molar-refractivity contribution in [1.29, 1.82) is 0 Å². The number of likely N-dealkylation sites (tertiary alicyclic amines) is 1. The van der Waals surface area contributed by atoms with E-state index in [2.05, 4.69) is 5.32 Å². The van der Waals surface area contributed by atoms with Gasteiger partial charge >= 0.3 is 6.18 Å². The number of amides is 2. The molecular formula is C24H30ClF3N2O2. The van der Waals surface area contributed by atoms with Crippen molar-refractivity contribution < 1.29 is 22.8 Å². The molecule has 0 aromatic carbocycles. The van der Waals surface area contributed by atoms with Gasteiger partial charge in [0.2, 0.25) is 4.87 Å². The third kappa shape index (κ3) is 6.73. The van der Waals surface area contributed by atoms with Crippen LogP contribution in [0.3, 0.4) is 0 Å². The average Bonchev–Trinajstić information content (AvgIpc) is 2.97. The molecule has 1 aliphatic heterocycles. The number of hydrogen-bond donors (Lipinski definition) is 1. The van der Waals surface area contributed by atoms with Crippen LogP contribution in [0.2, 0.25) is 0 Å². The largest absolute Gasteiger partial charge is 0.416 e. The van der Waals surface area contributed by atoms with E-state index in [0.29, 0.717) is 17.7 Å². The van der Waals surface area contributed by atoms with Gasteiger partial charge in [0.25, 0.3) is 11.8 Å². The predicted molar refractivity (Wildman–Crippen MR) is 123 cm³/mol. The zero-order valence-electron chi connectivity index (χ0n) is 19.0. The van der Waals surface area contributed by atoms with Crippen molar-refractivity contribution >= 4 is 23.4 Å². The van der Waals surface area contributed by atoms with Crippen LogP contribution in [-0.4, -0.2) is 41.4 Å². The SMILES string of the molecule is C/C=C\C/C=C\C(=C/C)NC(=O)C1(Cl)C(=O)N(C)CC1/C(C)=C/C=C\C(=C/C)C(F)(F)F. The van der Waals surface area contributed by atoms with Crippen LogP contribution >= 0.6 is 11.6 Å². The summed E-state index contributed by atoms with van der Waals surface area (Å²) in [6.45, 7) is 6.76. The molecule has 2 unspecified atom stereocenters. The lowest BCUT2D eigenvalue weighted by molar-refractivity contribution is -0.135. The molecule has 0 radical (unpaired) electrons. The highest BCUT2D eigenvalue weighted by atomic mass is 35.5. The van der Waals surface area contributed by atoms with Crippen LogP contribution in [0, 0.1) is 5.92 Å². The van der Waals surface area contributed by atoms with E-state index in [9.17, 15) is 22.8 Å². The lowest BCUT2D eigenvalue weighted by Gasteiger charge is -2.25. The molecule has 1 heterocycles. The Kier molecular flexibility index (Phi) is 10.2. The van der Waals surface area contributed by atoms with Crippen LogP contribution in [-0.2, 0) is 9.59 Å². The minimum atomic E-state index is -4.46. The number of alkyl halides is 4. The molecule has 0 aromatic heterocycles. The lowest BCUT2D eigenvalue weighted by atomic mass is 9.87. The van der Waals surface area contributed by atoms with Crippen molar-refractivity contribution in [3.05, 3.63) is 71.5 Å². The van der Waals surface area contributed by atoms with Crippen molar-refractivity contribution in [2.24, 2.45) is 5.92 Å². The Morgan fingerprint density at radius 1 is 1.22 bits per heavy atom. The Balaban J connectivity index is 3.15. The molecule has 1 fully saturated rings. The standard InChI is InChI=1S/C24H30ClF3N2O2/c1-6-9-10-11-15-19(8-3)29-21(31)23(25)20(16-30(5)22(23)32)17(4)13-12-14-18(7-2)24(26,27)28/h6-9,11-15,20H,10,16H2,1-5H3,(H,29,31)/b9-6-,14-12-,15-11-,17-13+,18-7+,19-8+.